The van der Waals surface area contributed by atoms with Gasteiger partial charge in [0.15, 0.2) is 5.96 Å². The molecule has 1 aromatic heterocycles. The number of benzene rings is 1. The normalized spacial score (nSPS) is 20.2. The van der Waals surface area contributed by atoms with Gasteiger partial charge >= 0.3 is 0 Å². The van der Waals surface area contributed by atoms with Gasteiger partial charge in [0.1, 0.15) is 0 Å². The standard InChI is InChI=1S/C23H33N5OS/c1-24-23(26-20-9-11-28(12-10-20)22-8-5-17-30-22)25-18-21(19-6-3-2-4-7-19)27-13-15-29-16-14-27/h2-8,17,20-21H,9-16,18H2,1H3,(H2,24,25,26). The Morgan fingerprint density at radius 2 is 1.87 bits per heavy atom. The van der Waals surface area contributed by atoms with Crippen LogP contribution in [0.4, 0.5) is 5.00 Å². The first-order valence-corrected chi connectivity index (χ1v) is 11.8. The molecule has 0 radical (unpaired) electrons. The number of anilines is 1. The number of piperidine rings is 1. The second kappa shape index (κ2) is 10.8. The predicted octanol–water partition coefficient (Wildman–Crippen LogP) is 2.96. The van der Waals surface area contributed by atoms with Crippen molar-refractivity contribution in [3.63, 3.8) is 0 Å². The first-order valence-electron chi connectivity index (χ1n) is 11.0. The molecule has 2 saturated heterocycles. The monoisotopic (exact) mass is 427 g/mol. The smallest absolute Gasteiger partial charge is 0.191 e. The molecular weight excluding hydrogens is 394 g/mol. The minimum absolute atomic E-state index is 0.314. The van der Waals surface area contributed by atoms with Crippen LogP contribution in [0.1, 0.15) is 24.4 Å². The maximum Gasteiger partial charge on any atom is 0.191 e. The van der Waals surface area contributed by atoms with Crippen molar-refractivity contribution in [1.82, 2.24) is 15.5 Å². The van der Waals surface area contributed by atoms with Crippen molar-refractivity contribution in [3.8, 4) is 0 Å². The molecule has 0 saturated carbocycles. The molecule has 0 bridgehead atoms. The van der Waals surface area contributed by atoms with Crippen LogP contribution in [-0.2, 0) is 4.74 Å². The van der Waals surface area contributed by atoms with Crippen LogP contribution >= 0.6 is 11.3 Å². The molecule has 1 aromatic carbocycles. The second-order valence-corrected chi connectivity index (χ2v) is 8.81. The number of aliphatic imine (C=N–C) groups is 1. The van der Waals surface area contributed by atoms with Gasteiger partial charge in [0.2, 0.25) is 0 Å². The highest BCUT2D eigenvalue weighted by Crippen LogP contribution is 2.25. The van der Waals surface area contributed by atoms with E-state index in [1.54, 1.807) is 0 Å². The fourth-order valence-corrected chi connectivity index (χ4v) is 5.08. The lowest BCUT2D eigenvalue weighted by Crippen LogP contribution is -2.50. The maximum absolute atomic E-state index is 5.57. The Morgan fingerprint density at radius 3 is 2.53 bits per heavy atom. The minimum Gasteiger partial charge on any atom is -0.379 e. The highest BCUT2D eigenvalue weighted by Gasteiger charge is 2.24. The van der Waals surface area contributed by atoms with E-state index in [0.29, 0.717) is 12.1 Å². The molecule has 2 aliphatic rings. The van der Waals surface area contributed by atoms with Gasteiger partial charge in [0.05, 0.1) is 24.3 Å². The topological polar surface area (TPSA) is 52.1 Å². The SMILES string of the molecule is CN=C(NCC(c1ccccc1)N1CCOCC1)NC1CCN(c2cccs2)CC1. The summed E-state index contributed by atoms with van der Waals surface area (Å²) in [5.41, 5.74) is 1.34. The quantitative estimate of drug-likeness (QED) is 0.548. The summed E-state index contributed by atoms with van der Waals surface area (Å²) in [6.07, 6.45) is 2.26. The molecule has 3 heterocycles. The first-order chi connectivity index (χ1) is 14.8. The van der Waals surface area contributed by atoms with Crippen LogP contribution in [0.15, 0.2) is 52.8 Å². The molecule has 2 aromatic rings. The van der Waals surface area contributed by atoms with E-state index in [1.165, 1.54) is 10.6 Å². The second-order valence-electron chi connectivity index (χ2n) is 7.88. The predicted molar refractivity (Wildman–Crippen MR) is 126 cm³/mol. The Hall–Kier alpha value is -2.09. The van der Waals surface area contributed by atoms with Crippen molar-refractivity contribution < 1.29 is 4.74 Å². The summed E-state index contributed by atoms with van der Waals surface area (Å²) in [4.78, 5) is 9.50. The van der Waals surface area contributed by atoms with Crippen molar-refractivity contribution in [3.05, 3.63) is 53.4 Å². The third-order valence-electron chi connectivity index (χ3n) is 6.01. The number of hydrogen-bond acceptors (Lipinski definition) is 5. The molecule has 1 unspecified atom stereocenters. The van der Waals surface area contributed by atoms with Crippen LogP contribution < -0.4 is 15.5 Å². The Labute approximate surface area is 183 Å². The van der Waals surface area contributed by atoms with Crippen LogP contribution in [-0.4, -0.2) is 69.9 Å². The number of ether oxygens (including phenoxy) is 1. The molecule has 0 spiro atoms. The van der Waals surface area contributed by atoms with Gasteiger partial charge in [0, 0.05) is 45.8 Å². The molecule has 2 aliphatic heterocycles. The molecule has 4 rings (SSSR count). The molecule has 30 heavy (non-hydrogen) atoms. The van der Waals surface area contributed by atoms with Gasteiger partial charge in [-0.05, 0) is 35.9 Å². The van der Waals surface area contributed by atoms with E-state index in [9.17, 15) is 0 Å². The van der Waals surface area contributed by atoms with E-state index in [-0.39, 0.29) is 0 Å². The number of nitrogens with one attached hydrogen (secondary N) is 2. The zero-order valence-electron chi connectivity index (χ0n) is 17.8. The summed E-state index contributed by atoms with van der Waals surface area (Å²) in [7, 11) is 1.86. The van der Waals surface area contributed by atoms with E-state index in [0.717, 1.165) is 64.7 Å². The number of thiophene rings is 1. The summed E-state index contributed by atoms with van der Waals surface area (Å²) in [6, 6.07) is 15.9. The molecule has 2 N–H and O–H groups in total. The van der Waals surface area contributed by atoms with Gasteiger partial charge in [-0.1, -0.05) is 30.3 Å². The van der Waals surface area contributed by atoms with Crippen molar-refractivity contribution in [2.45, 2.75) is 24.9 Å². The van der Waals surface area contributed by atoms with Crippen molar-refractivity contribution in [2.75, 3.05) is 57.9 Å². The largest absolute Gasteiger partial charge is 0.379 e. The van der Waals surface area contributed by atoms with Crippen molar-refractivity contribution in [2.24, 2.45) is 4.99 Å². The number of guanidine groups is 1. The van der Waals surface area contributed by atoms with Gasteiger partial charge in [-0.25, -0.2) is 0 Å². The van der Waals surface area contributed by atoms with Crippen LogP contribution in [0, 0.1) is 0 Å². The molecule has 6 nitrogen and oxygen atoms in total. The Bertz CT molecular complexity index is 768. The zero-order chi connectivity index (χ0) is 20.6. The average molecular weight is 428 g/mol. The molecule has 0 aliphatic carbocycles. The zero-order valence-corrected chi connectivity index (χ0v) is 18.6. The summed E-state index contributed by atoms with van der Waals surface area (Å²) in [6.45, 7) is 6.56. The summed E-state index contributed by atoms with van der Waals surface area (Å²) < 4.78 is 5.57. The lowest BCUT2D eigenvalue weighted by atomic mass is 10.0. The third kappa shape index (κ3) is 5.53. The van der Waals surface area contributed by atoms with Crippen LogP contribution in [0.25, 0.3) is 0 Å². The van der Waals surface area contributed by atoms with E-state index in [4.69, 9.17) is 4.74 Å². The van der Waals surface area contributed by atoms with Crippen molar-refractivity contribution in [1.29, 1.82) is 0 Å². The van der Waals surface area contributed by atoms with Gasteiger partial charge in [-0.2, -0.15) is 0 Å². The maximum atomic E-state index is 5.57. The first kappa shape index (κ1) is 21.2. The van der Waals surface area contributed by atoms with Crippen LogP contribution in [0.2, 0.25) is 0 Å². The summed E-state index contributed by atoms with van der Waals surface area (Å²) in [5, 5.41) is 10.8. The average Bonchev–Trinajstić information content (AvgIpc) is 3.35. The molecule has 7 heteroatoms. The number of rotatable bonds is 6. The fraction of sp³-hybridized carbons (Fsp3) is 0.522. The number of morpholine rings is 1. The van der Waals surface area contributed by atoms with E-state index < -0.39 is 0 Å². The van der Waals surface area contributed by atoms with Gasteiger partial charge in [-0.15, -0.1) is 11.3 Å². The highest BCUT2D eigenvalue weighted by molar-refractivity contribution is 7.14. The fourth-order valence-electron chi connectivity index (χ4n) is 4.30. The van der Waals surface area contributed by atoms with Gasteiger partial charge in [-0.3, -0.25) is 9.89 Å². The highest BCUT2D eigenvalue weighted by atomic mass is 32.1. The van der Waals surface area contributed by atoms with Crippen LogP contribution in [0.5, 0.6) is 0 Å². The minimum atomic E-state index is 0.314. The Balaban J connectivity index is 1.31. The number of nitrogens with zero attached hydrogens (tertiary/aromatic N) is 3. The molecule has 1 atom stereocenters. The summed E-state index contributed by atoms with van der Waals surface area (Å²) in [5.74, 6) is 0.902. The molecule has 2 fully saturated rings. The van der Waals surface area contributed by atoms with E-state index in [1.807, 2.05) is 18.4 Å². The van der Waals surface area contributed by atoms with Crippen LogP contribution in [0.3, 0.4) is 0 Å². The van der Waals surface area contributed by atoms with Gasteiger partial charge < -0.3 is 20.3 Å². The lowest BCUT2D eigenvalue weighted by Gasteiger charge is -2.36. The number of hydrogen-bond donors (Lipinski definition) is 2. The Morgan fingerprint density at radius 1 is 1.10 bits per heavy atom. The third-order valence-corrected chi connectivity index (χ3v) is 6.94. The van der Waals surface area contributed by atoms with E-state index >= 15 is 0 Å². The van der Waals surface area contributed by atoms with Gasteiger partial charge in [0.25, 0.3) is 0 Å². The molecule has 0 amide bonds. The Kier molecular flexibility index (Phi) is 7.61. The van der Waals surface area contributed by atoms with E-state index in [2.05, 4.69) is 73.3 Å². The summed E-state index contributed by atoms with van der Waals surface area (Å²) >= 11 is 1.83. The lowest BCUT2D eigenvalue weighted by molar-refractivity contribution is 0.0170. The van der Waals surface area contributed by atoms with Crippen molar-refractivity contribution >= 4 is 22.3 Å². The molecular formula is C23H33N5OS. The molecule has 162 valence electrons.